The Morgan fingerprint density at radius 1 is 1.18 bits per heavy atom. The number of carbonyl (C=O) groups is 2. The molecule has 2 aromatic heterocycles. The fourth-order valence-corrected chi connectivity index (χ4v) is 3.59. The largest absolute Gasteiger partial charge is 0.496 e. The van der Waals surface area contributed by atoms with Gasteiger partial charge in [-0.25, -0.2) is 14.2 Å². The maximum absolute atomic E-state index is 14.8. The van der Waals surface area contributed by atoms with Crippen LogP contribution in [0.2, 0.25) is 0 Å². The summed E-state index contributed by atoms with van der Waals surface area (Å²) in [7, 11) is -0.719. The molecular weight excluding hydrogens is 430 g/mol. The van der Waals surface area contributed by atoms with E-state index >= 15 is 0 Å². The highest BCUT2D eigenvalue weighted by atomic mass is 19.1. The highest BCUT2D eigenvalue weighted by Crippen LogP contribution is 2.36. The zero-order valence-corrected chi connectivity index (χ0v) is 20.1. The Kier molecular flexibility index (Phi) is 5.48. The van der Waals surface area contributed by atoms with Gasteiger partial charge >= 0.3 is 13.2 Å². The van der Waals surface area contributed by atoms with Crippen molar-refractivity contribution in [2.75, 3.05) is 18.4 Å². The average Bonchev–Trinajstić information content (AvgIpc) is 3.09. The second-order valence-corrected chi connectivity index (χ2v) is 10.6. The van der Waals surface area contributed by atoms with Crippen molar-refractivity contribution in [1.82, 2.24) is 14.3 Å². The lowest BCUT2D eigenvalue weighted by atomic mass is 9.80. The maximum atomic E-state index is 14.8. The summed E-state index contributed by atoms with van der Waals surface area (Å²) in [6, 6.07) is 1.33. The Bertz CT molecular complexity index is 1090. The topological polar surface area (TPSA) is 94.4 Å². The fraction of sp³-hybridized carbons (Fsp3) is 0.591. The Hall–Kier alpha value is -2.66. The number of fused-ring (bicyclic) bond motifs is 1. The molecular formula is C22H30BFN4O5. The molecule has 2 amide bonds. The quantitative estimate of drug-likeness (QED) is 0.708. The minimum atomic E-state index is -0.719. The van der Waals surface area contributed by atoms with Crippen LogP contribution in [0, 0.1) is 11.7 Å². The summed E-state index contributed by atoms with van der Waals surface area (Å²) >= 11 is 0. The SMILES string of the molecule is CC(C)(C)OC(=O)N1CC(C(=O)Nc2cn3cc(B4OC(C)(C)C(C)(C)O4)cc(F)c3n2)C1. The predicted molar refractivity (Wildman–Crippen MR) is 121 cm³/mol. The number of nitrogens with zero attached hydrogens (tertiary/aromatic N) is 3. The van der Waals surface area contributed by atoms with Crippen LogP contribution in [0.5, 0.6) is 0 Å². The van der Waals surface area contributed by atoms with Crippen LogP contribution in [-0.2, 0) is 18.8 Å². The molecule has 2 aliphatic rings. The van der Waals surface area contributed by atoms with Crippen molar-refractivity contribution < 1.29 is 28.0 Å². The van der Waals surface area contributed by atoms with Gasteiger partial charge in [-0.3, -0.25) is 4.79 Å². The number of hydrogen-bond donors (Lipinski definition) is 1. The molecule has 0 saturated carbocycles. The van der Waals surface area contributed by atoms with Gasteiger partial charge in [-0.05, 0) is 54.5 Å². The molecule has 33 heavy (non-hydrogen) atoms. The molecule has 0 unspecified atom stereocenters. The molecule has 0 bridgehead atoms. The van der Waals surface area contributed by atoms with E-state index in [1.165, 1.54) is 21.6 Å². The maximum Gasteiger partial charge on any atom is 0.496 e. The Labute approximate surface area is 192 Å². The number of rotatable bonds is 3. The number of imidazole rings is 1. The van der Waals surface area contributed by atoms with E-state index in [0.717, 1.165) is 0 Å². The molecule has 2 saturated heterocycles. The van der Waals surface area contributed by atoms with E-state index in [2.05, 4.69) is 10.3 Å². The smallest absolute Gasteiger partial charge is 0.444 e. The first-order valence-corrected chi connectivity index (χ1v) is 11.0. The van der Waals surface area contributed by atoms with E-state index in [1.807, 2.05) is 27.7 Å². The van der Waals surface area contributed by atoms with Gasteiger partial charge in [-0.2, -0.15) is 0 Å². The summed E-state index contributed by atoms with van der Waals surface area (Å²) in [6.45, 7) is 13.6. The summed E-state index contributed by atoms with van der Waals surface area (Å²) in [4.78, 5) is 30.3. The molecule has 4 rings (SSSR count). The van der Waals surface area contributed by atoms with Crippen molar-refractivity contribution in [2.45, 2.75) is 65.3 Å². The zero-order chi connectivity index (χ0) is 24.3. The van der Waals surface area contributed by atoms with Crippen LogP contribution in [-0.4, -0.2) is 63.3 Å². The highest BCUT2D eigenvalue weighted by Gasteiger charge is 2.52. The number of likely N-dealkylation sites (tertiary alicyclic amines) is 1. The van der Waals surface area contributed by atoms with E-state index < -0.39 is 35.8 Å². The van der Waals surface area contributed by atoms with Gasteiger partial charge in [0.25, 0.3) is 0 Å². The van der Waals surface area contributed by atoms with Gasteiger partial charge < -0.3 is 28.7 Å². The molecule has 0 atom stereocenters. The second kappa shape index (κ2) is 7.70. The number of amides is 2. The molecule has 0 spiro atoms. The molecule has 4 heterocycles. The standard InChI is InChI=1S/C22H30BFN4O5/c1-20(2,3)31-19(30)28-9-13(10-28)18(29)26-16-12-27-11-14(8-15(24)17(27)25-16)23-32-21(4,5)22(6,7)33-23/h8,11-13H,9-10H2,1-7H3,(H,26,29). The lowest BCUT2D eigenvalue weighted by molar-refractivity contribution is -0.124. The molecule has 2 fully saturated rings. The number of carbonyl (C=O) groups excluding carboxylic acids is 2. The van der Waals surface area contributed by atoms with Gasteiger partial charge in [0, 0.05) is 24.7 Å². The van der Waals surface area contributed by atoms with Gasteiger partial charge in [0.1, 0.15) is 5.60 Å². The number of halogens is 1. The summed E-state index contributed by atoms with van der Waals surface area (Å²) in [6.07, 6.45) is 2.77. The van der Waals surface area contributed by atoms with Crippen molar-refractivity contribution in [3.8, 4) is 0 Å². The monoisotopic (exact) mass is 460 g/mol. The van der Waals surface area contributed by atoms with Crippen molar-refractivity contribution in [3.05, 3.63) is 24.3 Å². The van der Waals surface area contributed by atoms with E-state index in [4.69, 9.17) is 14.0 Å². The second-order valence-electron chi connectivity index (χ2n) is 10.6. The molecule has 0 aliphatic carbocycles. The molecule has 2 aromatic rings. The predicted octanol–water partition coefficient (Wildman–Crippen LogP) is 2.58. The third-order valence-corrected chi connectivity index (χ3v) is 6.21. The van der Waals surface area contributed by atoms with Crippen LogP contribution in [0.3, 0.4) is 0 Å². The molecule has 1 N–H and O–H groups in total. The van der Waals surface area contributed by atoms with Gasteiger partial charge in [-0.15, -0.1) is 0 Å². The molecule has 0 radical (unpaired) electrons. The van der Waals surface area contributed by atoms with Crippen molar-refractivity contribution in [2.24, 2.45) is 5.92 Å². The lowest BCUT2D eigenvalue weighted by Gasteiger charge is -2.38. The average molecular weight is 460 g/mol. The van der Waals surface area contributed by atoms with Crippen LogP contribution < -0.4 is 10.8 Å². The number of anilines is 1. The third kappa shape index (κ3) is 4.56. The van der Waals surface area contributed by atoms with Crippen LogP contribution in [0.15, 0.2) is 18.5 Å². The first kappa shape index (κ1) is 23.5. The molecule has 2 aliphatic heterocycles. The van der Waals surface area contributed by atoms with Crippen LogP contribution in [0.1, 0.15) is 48.5 Å². The molecule has 178 valence electrons. The van der Waals surface area contributed by atoms with Gasteiger partial charge in [0.05, 0.1) is 23.3 Å². The highest BCUT2D eigenvalue weighted by molar-refractivity contribution is 6.62. The van der Waals surface area contributed by atoms with Crippen molar-refractivity contribution in [1.29, 1.82) is 0 Å². The minimum absolute atomic E-state index is 0.0783. The number of pyridine rings is 1. The van der Waals surface area contributed by atoms with Gasteiger partial charge in [0.2, 0.25) is 5.91 Å². The van der Waals surface area contributed by atoms with Crippen molar-refractivity contribution >= 4 is 36.0 Å². The van der Waals surface area contributed by atoms with Crippen LogP contribution >= 0.6 is 0 Å². The van der Waals surface area contributed by atoms with E-state index in [1.54, 1.807) is 27.0 Å². The zero-order valence-electron chi connectivity index (χ0n) is 20.1. The lowest BCUT2D eigenvalue weighted by Crippen LogP contribution is -2.55. The number of aromatic nitrogens is 2. The number of nitrogens with one attached hydrogen (secondary N) is 1. The number of ether oxygens (including phenoxy) is 1. The Morgan fingerprint density at radius 2 is 1.79 bits per heavy atom. The van der Waals surface area contributed by atoms with E-state index in [0.29, 0.717) is 5.46 Å². The summed E-state index contributed by atoms with van der Waals surface area (Å²) in [5, 5.41) is 2.70. The molecule has 9 nitrogen and oxygen atoms in total. The summed E-state index contributed by atoms with van der Waals surface area (Å²) in [5.74, 6) is -1.000. The Balaban J connectivity index is 1.43. The van der Waals surface area contributed by atoms with Crippen LogP contribution in [0.4, 0.5) is 15.0 Å². The summed E-state index contributed by atoms with van der Waals surface area (Å²) < 4.78 is 33.6. The first-order valence-electron chi connectivity index (χ1n) is 11.0. The van der Waals surface area contributed by atoms with Crippen LogP contribution in [0.25, 0.3) is 5.65 Å². The fourth-order valence-electron chi connectivity index (χ4n) is 3.59. The van der Waals surface area contributed by atoms with E-state index in [-0.39, 0.29) is 36.4 Å². The minimum Gasteiger partial charge on any atom is -0.444 e. The van der Waals surface area contributed by atoms with E-state index in [9.17, 15) is 14.0 Å². The first-order chi connectivity index (χ1) is 15.1. The normalized spacial score (nSPS) is 20.1. The van der Waals surface area contributed by atoms with Gasteiger partial charge in [-0.1, -0.05) is 0 Å². The summed E-state index contributed by atoms with van der Waals surface area (Å²) in [5.41, 5.74) is -1.10. The number of hydrogen-bond acceptors (Lipinski definition) is 6. The van der Waals surface area contributed by atoms with Crippen molar-refractivity contribution in [3.63, 3.8) is 0 Å². The third-order valence-electron chi connectivity index (χ3n) is 6.21. The molecule has 11 heteroatoms. The Morgan fingerprint density at radius 3 is 2.36 bits per heavy atom. The molecule has 0 aromatic carbocycles. The van der Waals surface area contributed by atoms with Gasteiger partial charge in [0.15, 0.2) is 17.3 Å².